The monoisotopic (exact) mass is 210 g/mol. The number of hydrogen-bond donors (Lipinski definition) is 1. The fraction of sp³-hybridized carbons (Fsp3) is 0.400. The first-order valence-corrected chi connectivity index (χ1v) is 4.52. The van der Waals surface area contributed by atoms with Gasteiger partial charge in [-0.2, -0.15) is 0 Å². The minimum absolute atomic E-state index is 0.00110. The maximum absolute atomic E-state index is 10.4. The van der Waals surface area contributed by atoms with Gasteiger partial charge in [-0.3, -0.25) is 9.69 Å². The summed E-state index contributed by atoms with van der Waals surface area (Å²) >= 11 is 0. The number of pyridine rings is 1. The van der Waals surface area contributed by atoms with E-state index in [1.54, 1.807) is 25.1 Å². The average Bonchev–Trinajstić information content (AvgIpc) is 2.16. The zero-order valence-corrected chi connectivity index (χ0v) is 8.80. The average molecular weight is 210 g/mol. The van der Waals surface area contributed by atoms with Crippen LogP contribution in [0.1, 0.15) is 5.69 Å². The topological polar surface area (TPSA) is 62.7 Å². The van der Waals surface area contributed by atoms with Gasteiger partial charge in [-0.05, 0) is 13.1 Å². The largest absolute Gasteiger partial charge is 0.481 e. The molecule has 0 unspecified atom stereocenters. The second-order valence-electron chi connectivity index (χ2n) is 3.24. The van der Waals surface area contributed by atoms with Crippen LogP contribution in [0.25, 0.3) is 0 Å². The summed E-state index contributed by atoms with van der Waals surface area (Å²) in [6.07, 6.45) is 0. The molecule has 0 aliphatic heterocycles. The smallest absolute Gasteiger partial charge is 0.317 e. The van der Waals surface area contributed by atoms with Gasteiger partial charge in [-0.25, -0.2) is 4.98 Å². The van der Waals surface area contributed by atoms with Crippen LogP contribution in [0, 0.1) is 0 Å². The van der Waals surface area contributed by atoms with Gasteiger partial charge < -0.3 is 9.84 Å². The molecule has 1 rings (SSSR count). The van der Waals surface area contributed by atoms with Gasteiger partial charge in [0.15, 0.2) is 0 Å². The molecule has 0 aliphatic rings. The van der Waals surface area contributed by atoms with E-state index in [1.807, 2.05) is 12.1 Å². The molecule has 5 heteroatoms. The first kappa shape index (κ1) is 11.5. The first-order chi connectivity index (χ1) is 7.11. The maximum atomic E-state index is 10.4. The van der Waals surface area contributed by atoms with Crippen LogP contribution in [-0.2, 0) is 11.3 Å². The number of nitrogens with zero attached hydrogens (tertiary/aromatic N) is 2. The Kier molecular flexibility index (Phi) is 4.05. The molecule has 0 aliphatic carbocycles. The molecule has 0 radical (unpaired) electrons. The fourth-order valence-electron chi connectivity index (χ4n) is 1.22. The van der Waals surface area contributed by atoms with Crippen molar-refractivity contribution >= 4 is 5.97 Å². The summed E-state index contributed by atoms with van der Waals surface area (Å²) in [6, 6.07) is 5.41. The Labute approximate surface area is 88.3 Å². The molecule has 0 aromatic carbocycles. The van der Waals surface area contributed by atoms with Crippen molar-refractivity contribution in [3.8, 4) is 5.88 Å². The molecular weight excluding hydrogens is 196 g/mol. The van der Waals surface area contributed by atoms with Crippen molar-refractivity contribution in [2.24, 2.45) is 0 Å². The van der Waals surface area contributed by atoms with Crippen molar-refractivity contribution < 1.29 is 14.6 Å². The van der Waals surface area contributed by atoms with Crippen LogP contribution < -0.4 is 4.74 Å². The summed E-state index contributed by atoms with van der Waals surface area (Å²) in [4.78, 5) is 16.3. The lowest BCUT2D eigenvalue weighted by atomic mass is 10.3. The van der Waals surface area contributed by atoms with E-state index >= 15 is 0 Å². The quantitative estimate of drug-likeness (QED) is 0.771. The Bertz CT molecular complexity index is 341. The lowest BCUT2D eigenvalue weighted by Gasteiger charge is -2.13. The lowest BCUT2D eigenvalue weighted by molar-refractivity contribution is -0.138. The molecule has 0 fully saturated rings. The van der Waals surface area contributed by atoms with Gasteiger partial charge in [-0.15, -0.1) is 0 Å². The van der Waals surface area contributed by atoms with Crippen molar-refractivity contribution in [1.82, 2.24) is 9.88 Å². The van der Waals surface area contributed by atoms with E-state index in [-0.39, 0.29) is 6.54 Å². The van der Waals surface area contributed by atoms with E-state index in [4.69, 9.17) is 9.84 Å². The van der Waals surface area contributed by atoms with Crippen LogP contribution in [0.5, 0.6) is 5.88 Å². The minimum atomic E-state index is -0.847. The molecule has 0 bridgehead atoms. The molecule has 15 heavy (non-hydrogen) atoms. The number of aromatic nitrogens is 1. The molecule has 82 valence electrons. The predicted octanol–water partition coefficient (Wildman–Crippen LogP) is 0.607. The van der Waals surface area contributed by atoms with Crippen molar-refractivity contribution in [3.05, 3.63) is 23.9 Å². The molecule has 1 aromatic heterocycles. The SMILES string of the molecule is COc1cccc(CN(C)CC(=O)O)n1. The van der Waals surface area contributed by atoms with Gasteiger partial charge in [-0.1, -0.05) is 6.07 Å². The number of ether oxygens (including phenoxy) is 1. The standard InChI is InChI=1S/C10H14N2O3/c1-12(7-10(13)14)6-8-4-3-5-9(11-8)15-2/h3-5H,6-7H2,1-2H3,(H,13,14). The number of hydrogen-bond acceptors (Lipinski definition) is 4. The third-order valence-electron chi connectivity index (χ3n) is 1.83. The molecule has 0 amide bonds. The summed E-state index contributed by atoms with van der Waals surface area (Å²) in [6.45, 7) is 0.488. The van der Waals surface area contributed by atoms with E-state index in [0.29, 0.717) is 12.4 Å². The van der Waals surface area contributed by atoms with Gasteiger partial charge in [0.1, 0.15) is 0 Å². The number of carboxylic acid groups (broad SMARTS) is 1. The van der Waals surface area contributed by atoms with Crippen LogP contribution in [0.3, 0.4) is 0 Å². The number of likely N-dealkylation sites (N-methyl/N-ethyl adjacent to an activating group) is 1. The summed E-state index contributed by atoms with van der Waals surface area (Å²) in [5.74, 6) is -0.309. The zero-order chi connectivity index (χ0) is 11.3. The molecule has 0 spiro atoms. The Balaban J connectivity index is 2.59. The summed E-state index contributed by atoms with van der Waals surface area (Å²) in [5, 5.41) is 8.58. The molecule has 1 aromatic rings. The van der Waals surface area contributed by atoms with Crippen LogP contribution in [0.15, 0.2) is 18.2 Å². The zero-order valence-electron chi connectivity index (χ0n) is 8.80. The van der Waals surface area contributed by atoms with E-state index < -0.39 is 5.97 Å². The second-order valence-corrected chi connectivity index (χ2v) is 3.24. The highest BCUT2D eigenvalue weighted by atomic mass is 16.5. The van der Waals surface area contributed by atoms with Crippen molar-refractivity contribution in [3.63, 3.8) is 0 Å². The van der Waals surface area contributed by atoms with Gasteiger partial charge in [0, 0.05) is 12.6 Å². The normalized spacial score (nSPS) is 10.3. The number of aliphatic carboxylic acids is 1. The molecule has 0 saturated heterocycles. The maximum Gasteiger partial charge on any atom is 0.317 e. The van der Waals surface area contributed by atoms with Crippen molar-refractivity contribution in [2.45, 2.75) is 6.54 Å². The highest BCUT2D eigenvalue weighted by Crippen LogP contribution is 2.07. The van der Waals surface area contributed by atoms with Crippen molar-refractivity contribution in [1.29, 1.82) is 0 Å². The van der Waals surface area contributed by atoms with Gasteiger partial charge >= 0.3 is 5.97 Å². The summed E-state index contributed by atoms with van der Waals surface area (Å²) in [7, 11) is 3.28. The fourth-order valence-corrected chi connectivity index (χ4v) is 1.22. The lowest BCUT2D eigenvalue weighted by Crippen LogP contribution is -2.25. The minimum Gasteiger partial charge on any atom is -0.481 e. The Morgan fingerprint density at radius 3 is 2.93 bits per heavy atom. The number of rotatable bonds is 5. The van der Waals surface area contributed by atoms with Gasteiger partial charge in [0.25, 0.3) is 0 Å². The Morgan fingerprint density at radius 2 is 2.33 bits per heavy atom. The molecule has 1 N–H and O–H groups in total. The van der Waals surface area contributed by atoms with Crippen LogP contribution >= 0.6 is 0 Å². The number of carbonyl (C=O) groups is 1. The highest BCUT2D eigenvalue weighted by molar-refractivity contribution is 5.68. The first-order valence-electron chi connectivity index (χ1n) is 4.52. The van der Waals surface area contributed by atoms with Gasteiger partial charge in [0.2, 0.25) is 5.88 Å². The second kappa shape index (κ2) is 5.31. The van der Waals surface area contributed by atoms with E-state index in [2.05, 4.69) is 4.98 Å². The van der Waals surface area contributed by atoms with Crippen LogP contribution in [0.4, 0.5) is 0 Å². The third kappa shape index (κ3) is 3.95. The molecule has 5 nitrogen and oxygen atoms in total. The van der Waals surface area contributed by atoms with Crippen LogP contribution in [0.2, 0.25) is 0 Å². The van der Waals surface area contributed by atoms with Crippen LogP contribution in [-0.4, -0.2) is 41.7 Å². The Morgan fingerprint density at radius 1 is 1.60 bits per heavy atom. The third-order valence-corrected chi connectivity index (χ3v) is 1.83. The highest BCUT2D eigenvalue weighted by Gasteiger charge is 2.06. The van der Waals surface area contributed by atoms with E-state index in [9.17, 15) is 4.79 Å². The van der Waals surface area contributed by atoms with Gasteiger partial charge in [0.05, 0.1) is 19.3 Å². The summed E-state index contributed by atoms with van der Waals surface area (Å²) in [5.41, 5.74) is 0.790. The Hall–Kier alpha value is -1.62. The number of methoxy groups -OCH3 is 1. The molecule has 0 atom stereocenters. The summed E-state index contributed by atoms with van der Waals surface area (Å²) < 4.78 is 4.97. The predicted molar refractivity (Wildman–Crippen MR) is 54.8 cm³/mol. The molecule has 1 heterocycles. The van der Waals surface area contributed by atoms with E-state index in [1.165, 1.54) is 0 Å². The molecular formula is C10H14N2O3. The van der Waals surface area contributed by atoms with Crippen molar-refractivity contribution in [2.75, 3.05) is 20.7 Å². The number of carboxylic acids is 1. The van der Waals surface area contributed by atoms with E-state index in [0.717, 1.165) is 5.69 Å². The molecule has 0 saturated carbocycles.